The van der Waals surface area contributed by atoms with E-state index in [0.29, 0.717) is 5.92 Å². The van der Waals surface area contributed by atoms with Crippen molar-refractivity contribution >= 4 is 0 Å². The number of hydrogen-bond donors (Lipinski definition) is 0. The minimum atomic E-state index is -2.45. The third kappa shape index (κ3) is 6.43. The molecule has 0 aromatic heterocycles. The van der Waals surface area contributed by atoms with Gasteiger partial charge in [-0.2, -0.15) is 0 Å². The highest BCUT2D eigenvalue weighted by Crippen LogP contribution is 2.49. The third-order valence-electron chi connectivity index (χ3n) is 7.36. The first-order valence-corrected chi connectivity index (χ1v) is 12.1. The van der Waals surface area contributed by atoms with Crippen LogP contribution in [0.5, 0.6) is 5.75 Å². The van der Waals surface area contributed by atoms with Gasteiger partial charge in [-0.25, -0.2) is 8.78 Å². The quantitative estimate of drug-likeness (QED) is 0.403. The Hall–Kier alpha value is -1.12. The summed E-state index contributed by atoms with van der Waals surface area (Å²) in [7, 11) is 0. The first-order valence-electron chi connectivity index (χ1n) is 12.1. The Labute approximate surface area is 176 Å². The molecule has 0 aliphatic heterocycles. The third-order valence-corrected chi connectivity index (χ3v) is 7.36. The van der Waals surface area contributed by atoms with Crippen LogP contribution >= 0.6 is 0 Å². The number of hydrogen-bond acceptors (Lipinski definition) is 1. The van der Waals surface area contributed by atoms with Gasteiger partial charge in [0.05, 0.1) is 6.61 Å². The molecule has 0 N–H and O–H groups in total. The van der Waals surface area contributed by atoms with E-state index in [1.54, 1.807) is 0 Å². The number of ether oxygens (including phenoxy) is 1. The van der Waals surface area contributed by atoms with Gasteiger partial charge in [-0.3, -0.25) is 0 Å². The summed E-state index contributed by atoms with van der Waals surface area (Å²) in [4.78, 5) is 0. The van der Waals surface area contributed by atoms with E-state index in [1.807, 2.05) is 0 Å². The summed E-state index contributed by atoms with van der Waals surface area (Å²) < 4.78 is 35.7. The number of halogens is 2. The lowest BCUT2D eigenvalue weighted by atomic mass is 9.67. The summed E-state index contributed by atoms with van der Waals surface area (Å²) in [5, 5.41) is 0. The zero-order valence-corrected chi connectivity index (χ0v) is 18.5. The molecule has 0 saturated heterocycles. The minimum Gasteiger partial charge on any atom is -0.493 e. The minimum absolute atomic E-state index is 0.134. The van der Waals surface area contributed by atoms with E-state index in [4.69, 9.17) is 4.74 Å². The Morgan fingerprint density at radius 2 is 1.59 bits per heavy atom. The summed E-state index contributed by atoms with van der Waals surface area (Å²) in [5.74, 6) is -0.935. The van der Waals surface area contributed by atoms with Crippen molar-refractivity contribution in [2.24, 2.45) is 23.7 Å². The second-order valence-electron chi connectivity index (χ2n) is 9.64. The second-order valence-corrected chi connectivity index (χ2v) is 9.64. The number of alkyl halides is 2. The van der Waals surface area contributed by atoms with Gasteiger partial charge in [0.2, 0.25) is 0 Å². The van der Waals surface area contributed by atoms with E-state index < -0.39 is 5.92 Å². The molecule has 0 amide bonds. The predicted molar refractivity (Wildman–Crippen MR) is 117 cm³/mol. The SMILES string of the molecule is CCCCC1CCC(C2CCC(COc3ccc(CCC)cc3)CC2)C(F)(F)C1. The van der Waals surface area contributed by atoms with Crippen molar-refractivity contribution in [3.63, 3.8) is 0 Å². The number of rotatable bonds is 9. The molecule has 1 aromatic rings. The number of aryl methyl sites for hydroxylation is 1. The van der Waals surface area contributed by atoms with Crippen LogP contribution < -0.4 is 4.74 Å². The van der Waals surface area contributed by atoms with Gasteiger partial charge in [-0.1, -0.05) is 51.7 Å². The standard InChI is InChI=1S/C26H40F2O/c1-3-5-7-21-12-17-25(26(27,28)18-21)23-13-8-22(9-14-23)19-29-24-15-10-20(6-4-2)11-16-24/h10-11,15-16,21-23,25H,3-9,12-14,17-19H2,1-2H3. The molecule has 2 saturated carbocycles. The molecule has 29 heavy (non-hydrogen) atoms. The molecule has 3 heteroatoms. The van der Waals surface area contributed by atoms with Crippen molar-refractivity contribution in [1.29, 1.82) is 0 Å². The molecule has 2 unspecified atom stereocenters. The fourth-order valence-corrected chi connectivity index (χ4v) is 5.60. The van der Waals surface area contributed by atoms with Crippen LogP contribution in [-0.2, 0) is 6.42 Å². The lowest BCUT2D eigenvalue weighted by Gasteiger charge is -2.42. The van der Waals surface area contributed by atoms with Crippen molar-refractivity contribution < 1.29 is 13.5 Å². The predicted octanol–water partition coefficient (Wildman–Crippen LogP) is 8.07. The van der Waals surface area contributed by atoms with E-state index in [2.05, 4.69) is 38.1 Å². The summed E-state index contributed by atoms with van der Waals surface area (Å²) in [6.07, 6.45) is 11.3. The van der Waals surface area contributed by atoms with Gasteiger partial charge in [0, 0.05) is 12.3 Å². The fourth-order valence-electron chi connectivity index (χ4n) is 5.60. The first-order chi connectivity index (χ1) is 14.0. The number of unbranched alkanes of at least 4 members (excludes halogenated alkanes) is 1. The average Bonchev–Trinajstić information content (AvgIpc) is 2.72. The molecule has 0 spiro atoms. The van der Waals surface area contributed by atoms with E-state index in [1.165, 1.54) is 5.56 Å². The summed E-state index contributed by atoms with van der Waals surface area (Å²) in [6.45, 7) is 5.06. The lowest BCUT2D eigenvalue weighted by molar-refractivity contribution is -0.129. The van der Waals surface area contributed by atoms with Crippen LogP contribution in [-0.4, -0.2) is 12.5 Å². The highest BCUT2D eigenvalue weighted by Gasteiger charge is 2.48. The monoisotopic (exact) mass is 406 g/mol. The van der Waals surface area contributed by atoms with Gasteiger partial charge in [-0.05, 0) is 80.4 Å². The van der Waals surface area contributed by atoms with Crippen molar-refractivity contribution in [3.05, 3.63) is 29.8 Å². The molecule has 3 rings (SSSR count). The van der Waals surface area contributed by atoms with Gasteiger partial charge in [0.1, 0.15) is 5.75 Å². The van der Waals surface area contributed by atoms with Gasteiger partial charge in [0.25, 0.3) is 5.92 Å². The van der Waals surface area contributed by atoms with Crippen LogP contribution in [0.25, 0.3) is 0 Å². The van der Waals surface area contributed by atoms with Gasteiger partial charge in [0.15, 0.2) is 0 Å². The molecule has 1 aromatic carbocycles. The van der Waals surface area contributed by atoms with Crippen molar-refractivity contribution in [2.45, 2.75) is 96.8 Å². The van der Waals surface area contributed by atoms with Gasteiger partial charge in [-0.15, -0.1) is 0 Å². The summed E-state index contributed by atoms with van der Waals surface area (Å²) in [5.41, 5.74) is 1.35. The van der Waals surface area contributed by atoms with Crippen LogP contribution in [0.3, 0.4) is 0 Å². The lowest BCUT2D eigenvalue weighted by Crippen LogP contribution is -2.41. The maximum atomic E-state index is 14.9. The molecule has 2 aliphatic rings. The normalized spacial score (nSPS) is 29.5. The molecule has 0 heterocycles. The highest BCUT2D eigenvalue weighted by molar-refractivity contribution is 5.27. The van der Waals surface area contributed by atoms with Crippen molar-refractivity contribution in [3.8, 4) is 5.75 Å². The van der Waals surface area contributed by atoms with Gasteiger partial charge >= 0.3 is 0 Å². The molecule has 2 fully saturated rings. The smallest absolute Gasteiger partial charge is 0.251 e. The largest absolute Gasteiger partial charge is 0.493 e. The van der Waals surface area contributed by atoms with E-state index in [9.17, 15) is 8.78 Å². The topological polar surface area (TPSA) is 9.23 Å². The Bertz CT molecular complexity index is 589. The second kappa shape index (κ2) is 10.8. The highest BCUT2D eigenvalue weighted by atomic mass is 19.3. The Kier molecular flexibility index (Phi) is 8.38. The summed E-state index contributed by atoms with van der Waals surface area (Å²) in [6, 6.07) is 8.42. The fraction of sp³-hybridized carbons (Fsp3) is 0.769. The Balaban J connectivity index is 1.42. The molecule has 1 nitrogen and oxygen atoms in total. The van der Waals surface area contributed by atoms with Crippen LogP contribution in [0.15, 0.2) is 24.3 Å². The molecular weight excluding hydrogens is 366 g/mol. The Morgan fingerprint density at radius 1 is 0.897 bits per heavy atom. The average molecular weight is 407 g/mol. The molecule has 0 bridgehead atoms. The van der Waals surface area contributed by atoms with E-state index in [0.717, 1.165) is 83.0 Å². The molecule has 2 atom stereocenters. The van der Waals surface area contributed by atoms with Crippen molar-refractivity contribution in [2.75, 3.05) is 6.61 Å². The van der Waals surface area contributed by atoms with E-state index >= 15 is 0 Å². The van der Waals surface area contributed by atoms with Crippen LogP contribution in [0.4, 0.5) is 8.78 Å². The first kappa shape index (κ1) is 22.6. The van der Waals surface area contributed by atoms with Crippen LogP contribution in [0.2, 0.25) is 0 Å². The maximum absolute atomic E-state index is 14.9. The molecule has 0 radical (unpaired) electrons. The van der Waals surface area contributed by atoms with Crippen molar-refractivity contribution in [1.82, 2.24) is 0 Å². The molecule has 164 valence electrons. The van der Waals surface area contributed by atoms with Gasteiger partial charge < -0.3 is 4.74 Å². The van der Waals surface area contributed by atoms with Crippen LogP contribution in [0, 0.1) is 23.7 Å². The Morgan fingerprint density at radius 3 is 2.21 bits per heavy atom. The zero-order chi connectivity index (χ0) is 20.7. The molecular formula is C26H40F2O. The van der Waals surface area contributed by atoms with E-state index in [-0.39, 0.29) is 24.2 Å². The maximum Gasteiger partial charge on any atom is 0.251 e. The van der Waals surface area contributed by atoms with Crippen LogP contribution in [0.1, 0.15) is 90.0 Å². The zero-order valence-electron chi connectivity index (χ0n) is 18.5. The summed E-state index contributed by atoms with van der Waals surface area (Å²) >= 11 is 0. The molecule has 2 aliphatic carbocycles. The number of benzene rings is 1.